The molecule has 0 bridgehead atoms. The SMILES string of the molecule is CCN(Cc1ccc(OC)cc1)C[C@H]1CCCN(CCc2cccc(OC)c2)C1. The molecule has 1 fully saturated rings. The lowest BCUT2D eigenvalue weighted by atomic mass is 9.96. The van der Waals surface area contributed by atoms with Gasteiger partial charge in [-0.15, -0.1) is 0 Å². The van der Waals surface area contributed by atoms with E-state index >= 15 is 0 Å². The van der Waals surface area contributed by atoms with Gasteiger partial charge in [0.2, 0.25) is 0 Å². The minimum absolute atomic E-state index is 0.757. The number of methoxy groups -OCH3 is 2. The van der Waals surface area contributed by atoms with Gasteiger partial charge in [-0.1, -0.05) is 31.2 Å². The van der Waals surface area contributed by atoms with E-state index in [1.54, 1.807) is 14.2 Å². The van der Waals surface area contributed by atoms with Crippen molar-refractivity contribution < 1.29 is 9.47 Å². The smallest absolute Gasteiger partial charge is 0.119 e. The van der Waals surface area contributed by atoms with Gasteiger partial charge in [-0.3, -0.25) is 4.90 Å². The van der Waals surface area contributed by atoms with Crippen molar-refractivity contribution in [3.8, 4) is 11.5 Å². The van der Waals surface area contributed by atoms with Crippen molar-refractivity contribution in [2.45, 2.75) is 32.7 Å². The molecule has 0 saturated carbocycles. The van der Waals surface area contributed by atoms with E-state index in [4.69, 9.17) is 9.47 Å². The molecule has 0 aromatic heterocycles. The maximum atomic E-state index is 5.36. The van der Waals surface area contributed by atoms with Gasteiger partial charge in [0.1, 0.15) is 11.5 Å². The van der Waals surface area contributed by atoms with Crippen molar-refractivity contribution in [3.05, 3.63) is 59.7 Å². The maximum Gasteiger partial charge on any atom is 0.119 e. The predicted molar refractivity (Wildman–Crippen MR) is 120 cm³/mol. The van der Waals surface area contributed by atoms with Crippen LogP contribution in [-0.4, -0.2) is 56.7 Å². The van der Waals surface area contributed by atoms with Crippen LogP contribution in [0.4, 0.5) is 0 Å². The van der Waals surface area contributed by atoms with Crippen LogP contribution in [-0.2, 0) is 13.0 Å². The summed E-state index contributed by atoms with van der Waals surface area (Å²) in [4.78, 5) is 5.23. The number of nitrogens with zero attached hydrogens (tertiary/aromatic N) is 2. The summed E-state index contributed by atoms with van der Waals surface area (Å²) in [6, 6.07) is 17.0. The summed E-state index contributed by atoms with van der Waals surface area (Å²) >= 11 is 0. The minimum atomic E-state index is 0.757. The fraction of sp³-hybridized carbons (Fsp3) is 0.520. The number of benzene rings is 2. The zero-order valence-electron chi connectivity index (χ0n) is 18.3. The molecule has 2 aromatic carbocycles. The molecule has 2 aromatic rings. The lowest BCUT2D eigenvalue weighted by Gasteiger charge is -2.35. The highest BCUT2D eigenvalue weighted by Crippen LogP contribution is 2.20. The molecule has 1 heterocycles. The molecule has 158 valence electrons. The van der Waals surface area contributed by atoms with E-state index in [-0.39, 0.29) is 0 Å². The number of hydrogen-bond donors (Lipinski definition) is 0. The highest BCUT2D eigenvalue weighted by atomic mass is 16.5. The average molecular weight is 397 g/mol. The average Bonchev–Trinajstić information content (AvgIpc) is 2.78. The van der Waals surface area contributed by atoms with Gasteiger partial charge in [0.05, 0.1) is 14.2 Å². The summed E-state index contributed by atoms with van der Waals surface area (Å²) < 4.78 is 10.6. The molecule has 1 aliphatic heterocycles. The Morgan fingerprint density at radius 2 is 1.79 bits per heavy atom. The van der Waals surface area contributed by atoms with E-state index < -0.39 is 0 Å². The molecule has 3 rings (SSSR count). The standard InChI is InChI=1S/C25H36N2O2/c1-4-26(18-22-10-12-24(28-2)13-11-22)19-23-8-6-15-27(20-23)16-14-21-7-5-9-25(17-21)29-3/h5,7,9-13,17,23H,4,6,8,14-16,18-20H2,1-3H3/t23-/m1/s1. The first-order valence-corrected chi connectivity index (χ1v) is 10.9. The molecule has 0 radical (unpaired) electrons. The summed E-state index contributed by atoms with van der Waals surface area (Å²) in [5.74, 6) is 2.64. The highest BCUT2D eigenvalue weighted by molar-refractivity contribution is 5.28. The van der Waals surface area contributed by atoms with Crippen LogP contribution >= 0.6 is 0 Å². The summed E-state index contributed by atoms with van der Waals surface area (Å²) in [6.45, 7) is 9.13. The van der Waals surface area contributed by atoms with Gasteiger partial charge in [0.15, 0.2) is 0 Å². The Balaban J connectivity index is 1.48. The van der Waals surface area contributed by atoms with Crippen LogP contribution in [0, 0.1) is 5.92 Å². The molecule has 0 unspecified atom stereocenters. The molecule has 0 amide bonds. The summed E-state index contributed by atoms with van der Waals surface area (Å²) in [5, 5.41) is 0. The van der Waals surface area contributed by atoms with Crippen molar-refractivity contribution in [1.29, 1.82) is 0 Å². The Kier molecular flexibility index (Phi) is 8.38. The van der Waals surface area contributed by atoms with Crippen LogP contribution in [0.2, 0.25) is 0 Å². The van der Waals surface area contributed by atoms with Crippen LogP contribution in [0.5, 0.6) is 11.5 Å². The fourth-order valence-electron chi connectivity index (χ4n) is 4.28. The normalized spacial score (nSPS) is 17.4. The maximum absolute atomic E-state index is 5.36. The lowest BCUT2D eigenvalue weighted by molar-refractivity contribution is 0.133. The number of likely N-dealkylation sites (tertiary alicyclic amines) is 1. The third kappa shape index (κ3) is 6.76. The number of piperidine rings is 1. The van der Waals surface area contributed by atoms with Gasteiger partial charge in [-0.25, -0.2) is 0 Å². The van der Waals surface area contributed by atoms with Crippen molar-refractivity contribution >= 4 is 0 Å². The predicted octanol–water partition coefficient (Wildman–Crippen LogP) is 4.48. The first-order valence-electron chi connectivity index (χ1n) is 10.9. The number of rotatable bonds is 10. The zero-order chi connectivity index (χ0) is 20.5. The summed E-state index contributed by atoms with van der Waals surface area (Å²) in [5.41, 5.74) is 2.72. The third-order valence-electron chi connectivity index (χ3n) is 5.98. The van der Waals surface area contributed by atoms with Crippen molar-refractivity contribution in [2.24, 2.45) is 5.92 Å². The Labute approximate surface area is 176 Å². The Morgan fingerprint density at radius 3 is 2.52 bits per heavy atom. The topological polar surface area (TPSA) is 24.9 Å². The summed E-state index contributed by atoms with van der Waals surface area (Å²) in [7, 11) is 3.45. The monoisotopic (exact) mass is 396 g/mol. The molecule has 0 aliphatic carbocycles. The van der Waals surface area contributed by atoms with Gasteiger partial charge in [-0.2, -0.15) is 0 Å². The molecule has 0 spiro atoms. The van der Waals surface area contributed by atoms with Crippen LogP contribution in [0.1, 0.15) is 30.9 Å². The van der Waals surface area contributed by atoms with Gasteiger partial charge in [-0.05, 0) is 73.7 Å². The van der Waals surface area contributed by atoms with E-state index in [1.807, 2.05) is 6.07 Å². The molecule has 4 nitrogen and oxygen atoms in total. The van der Waals surface area contributed by atoms with Crippen molar-refractivity contribution in [1.82, 2.24) is 9.80 Å². The van der Waals surface area contributed by atoms with Crippen LogP contribution < -0.4 is 9.47 Å². The highest BCUT2D eigenvalue weighted by Gasteiger charge is 2.21. The largest absolute Gasteiger partial charge is 0.497 e. The molecule has 0 N–H and O–H groups in total. The first kappa shape index (κ1) is 21.7. The van der Waals surface area contributed by atoms with Gasteiger partial charge >= 0.3 is 0 Å². The lowest BCUT2D eigenvalue weighted by Crippen LogP contribution is -2.41. The van der Waals surface area contributed by atoms with E-state index in [9.17, 15) is 0 Å². The van der Waals surface area contributed by atoms with Gasteiger partial charge in [0.25, 0.3) is 0 Å². The molecule has 4 heteroatoms. The second-order valence-electron chi connectivity index (χ2n) is 8.09. The van der Waals surface area contributed by atoms with Gasteiger partial charge < -0.3 is 14.4 Å². The quantitative estimate of drug-likeness (QED) is 0.591. The van der Waals surface area contributed by atoms with Crippen molar-refractivity contribution in [2.75, 3.05) is 46.9 Å². The zero-order valence-corrected chi connectivity index (χ0v) is 18.3. The van der Waals surface area contributed by atoms with Crippen LogP contribution in [0.15, 0.2) is 48.5 Å². The van der Waals surface area contributed by atoms with E-state index in [1.165, 1.54) is 43.6 Å². The Hall–Kier alpha value is -2.04. The summed E-state index contributed by atoms with van der Waals surface area (Å²) in [6.07, 6.45) is 3.74. The second kappa shape index (κ2) is 11.2. The molecule has 1 saturated heterocycles. The molecule has 1 aliphatic rings. The molecular formula is C25H36N2O2. The fourth-order valence-corrected chi connectivity index (χ4v) is 4.28. The van der Waals surface area contributed by atoms with Crippen molar-refractivity contribution in [3.63, 3.8) is 0 Å². The number of ether oxygens (including phenoxy) is 2. The van der Waals surface area contributed by atoms with E-state index in [2.05, 4.69) is 59.2 Å². The Morgan fingerprint density at radius 1 is 1.00 bits per heavy atom. The van der Waals surface area contributed by atoms with Crippen LogP contribution in [0.25, 0.3) is 0 Å². The van der Waals surface area contributed by atoms with E-state index in [0.29, 0.717) is 0 Å². The molecule has 29 heavy (non-hydrogen) atoms. The molecule has 1 atom stereocenters. The third-order valence-corrected chi connectivity index (χ3v) is 5.98. The van der Waals surface area contributed by atoms with E-state index in [0.717, 1.165) is 43.5 Å². The van der Waals surface area contributed by atoms with Gasteiger partial charge in [0, 0.05) is 26.2 Å². The number of hydrogen-bond acceptors (Lipinski definition) is 4. The second-order valence-corrected chi connectivity index (χ2v) is 8.09. The Bertz CT molecular complexity index is 732. The van der Waals surface area contributed by atoms with Crippen LogP contribution in [0.3, 0.4) is 0 Å². The molecular weight excluding hydrogens is 360 g/mol. The minimum Gasteiger partial charge on any atom is -0.497 e. The first-order chi connectivity index (χ1) is 14.2.